The van der Waals surface area contributed by atoms with Crippen molar-refractivity contribution in [2.75, 3.05) is 13.1 Å². The van der Waals surface area contributed by atoms with Crippen molar-refractivity contribution >= 4 is 27.9 Å². The molecule has 17 heavy (non-hydrogen) atoms. The Bertz CT molecular complexity index is 406. The largest absolute Gasteiger partial charge is 0.480 e. The molecule has 5 nitrogen and oxygen atoms in total. The van der Waals surface area contributed by atoms with Crippen LogP contribution in [-0.4, -0.2) is 40.1 Å². The number of carbonyl (C=O) groups is 2. The van der Waals surface area contributed by atoms with Crippen molar-refractivity contribution in [2.24, 2.45) is 0 Å². The summed E-state index contributed by atoms with van der Waals surface area (Å²) >= 11 is 3.34. The minimum absolute atomic E-state index is 0.278. The molecule has 0 saturated carbocycles. The standard InChI is InChI=1S/C11H12BrNO4/c12-9-4-2-1-3-8(9)5-13(6-10(14)15)7-11(16)17/h1-4H,5-7H2,(H,14,15)(H,16,17). The fourth-order valence-corrected chi connectivity index (χ4v) is 1.83. The van der Waals surface area contributed by atoms with Gasteiger partial charge in [0.05, 0.1) is 13.1 Å². The molecule has 0 unspecified atom stereocenters. The highest BCUT2D eigenvalue weighted by molar-refractivity contribution is 9.10. The Morgan fingerprint density at radius 2 is 1.65 bits per heavy atom. The molecule has 0 heterocycles. The second kappa shape index (κ2) is 6.36. The van der Waals surface area contributed by atoms with Crippen molar-refractivity contribution in [1.82, 2.24) is 4.90 Å². The number of benzene rings is 1. The Balaban J connectivity index is 2.75. The first-order valence-electron chi connectivity index (χ1n) is 4.88. The molecule has 92 valence electrons. The zero-order valence-electron chi connectivity index (χ0n) is 8.97. The minimum atomic E-state index is -1.04. The summed E-state index contributed by atoms with van der Waals surface area (Å²) in [5, 5.41) is 17.4. The topological polar surface area (TPSA) is 77.8 Å². The number of aliphatic carboxylic acids is 2. The summed E-state index contributed by atoms with van der Waals surface area (Å²) < 4.78 is 0.834. The molecule has 1 aromatic rings. The molecular formula is C11H12BrNO4. The van der Waals surface area contributed by atoms with E-state index in [1.165, 1.54) is 4.90 Å². The molecule has 0 spiro atoms. The Kier molecular flexibility index (Phi) is 5.11. The van der Waals surface area contributed by atoms with Crippen molar-refractivity contribution in [3.8, 4) is 0 Å². The Hall–Kier alpha value is -1.40. The first kappa shape index (κ1) is 13.7. The molecule has 0 amide bonds. The molecule has 0 aliphatic carbocycles. The lowest BCUT2D eigenvalue weighted by atomic mass is 10.2. The van der Waals surface area contributed by atoms with E-state index in [4.69, 9.17) is 10.2 Å². The second-order valence-corrected chi connectivity index (χ2v) is 4.38. The fourth-order valence-electron chi connectivity index (χ4n) is 1.42. The molecule has 0 atom stereocenters. The molecule has 0 fully saturated rings. The minimum Gasteiger partial charge on any atom is -0.480 e. The van der Waals surface area contributed by atoms with E-state index in [9.17, 15) is 9.59 Å². The van der Waals surface area contributed by atoms with Crippen LogP contribution in [0.2, 0.25) is 0 Å². The van der Waals surface area contributed by atoms with Gasteiger partial charge in [0.2, 0.25) is 0 Å². The van der Waals surface area contributed by atoms with E-state index in [0.29, 0.717) is 0 Å². The molecule has 0 aromatic heterocycles. The van der Waals surface area contributed by atoms with Crippen LogP contribution in [0.25, 0.3) is 0 Å². The maximum atomic E-state index is 10.6. The summed E-state index contributed by atoms with van der Waals surface area (Å²) in [6.07, 6.45) is 0. The van der Waals surface area contributed by atoms with E-state index in [0.717, 1.165) is 10.0 Å². The van der Waals surface area contributed by atoms with E-state index in [2.05, 4.69) is 15.9 Å². The zero-order chi connectivity index (χ0) is 12.8. The quantitative estimate of drug-likeness (QED) is 0.831. The van der Waals surface area contributed by atoms with Gasteiger partial charge in [0, 0.05) is 11.0 Å². The van der Waals surface area contributed by atoms with E-state index < -0.39 is 11.9 Å². The number of hydrogen-bond acceptors (Lipinski definition) is 3. The Morgan fingerprint density at radius 1 is 1.12 bits per heavy atom. The third kappa shape index (κ3) is 4.97. The number of hydrogen-bond donors (Lipinski definition) is 2. The summed E-state index contributed by atoms with van der Waals surface area (Å²) in [6.45, 7) is -0.318. The number of carboxylic acid groups (broad SMARTS) is 2. The van der Waals surface area contributed by atoms with E-state index in [-0.39, 0.29) is 19.6 Å². The average molecular weight is 302 g/mol. The van der Waals surface area contributed by atoms with Crippen LogP contribution in [0.1, 0.15) is 5.56 Å². The smallest absolute Gasteiger partial charge is 0.317 e. The molecular weight excluding hydrogens is 290 g/mol. The van der Waals surface area contributed by atoms with Gasteiger partial charge in [0.1, 0.15) is 0 Å². The van der Waals surface area contributed by atoms with Crippen LogP contribution in [0, 0.1) is 0 Å². The van der Waals surface area contributed by atoms with Gasteiger partial charge in [-0.25, -0.2) is 0 Å². The van der Waals surface area contributed by atoms with Gasteiger partial charge < -0.3 is 10.2 Å². The predicted molar refractivity (Wildman–Crippen MR) is 64.7 cm³/mol. The summed E-state index contributed by atoms with van der Waals surface area (Å²) in [7, 11) is 0. The Morgan fingerprint density at radius 3 is 2.12 bits per heavy atom. The number of nitrogens with zero attached hydrogens (tertiary/aromatic N) is 1. The summed E-state index contributed by atoms with van der Waals surface area (Å²) in [6, 6.07) is 7.31. The van der Waals surface area contributed by atoms with Gasteiger partial charge in [0.25, 0.3) is 0 Å². The average Bonchev–Trinajstić information content (AvgIpc) is 2.19. The van der Waals surface area contributed by atoms with Crippen LogP contribution in [0.5, 0.6) is 0 Å². The van der Waals surface area contributed by atoms with Crippen LogP contribution in [0.3, 0.4) is 0 Å². The summed E-state index contributed by atoms with van der Waals surface area (Å²) in [4.78, 5) is 22.6. The fraction of sp³-hybridized carbons (Fsp3) is 0.273. The third-order valence-electron chi connectivity index (χ3n) is 2.07. The van der Waals surface area contributed by atoms with Crippen LogP contribution < -0.4 is 0 Å². The van der Waals surface area contributed by atoms with Crippen LogP contribution in [0.4, 0.5) is 0 Å². The predicted octanol–water partition coefficient (Wildman–Crippen LogP) is 1.42. The van der Waals surface area contributed by atoms with Crippen molar-refractivity contribution in [1.29, 1.82) is 0 Å². The van der Waals surface area contributed by atoms with Crippen LogP contribution >= 0.6 is 15.9 Å². The molecule has 1 rings (SSSR count). The molecule has 1 aromatic carbocycles. The lowest BCUT2D eigenvalue weighted by molar-refractivity contribution is -0.142. The maximum absolute atomic E-state index is 10.6. The number of carboxylic acids is 2. The zero-order valence-corrected chi connectivity index (χ0v) is 10.6. The molecule has 0 radical (unpaired) electrons. The first-order valence-corrected chi connectivity index (χ1v) is 5.67. The van der Waals surface area contributed by atoms with Gasteiger partial charge in [-0.2, -0.15) is 0 Å². The van der Waals surface area contributed by atoms with Crippen molar-refractivity contribution < 1.29 is 19.8 Å². The monoisotopic (exact) mass is 301 g/mol. The maximum Gasteiger partial charge on any atom is 0.317 e. The van der Waals surface area contributed by atoms with Crippen molar-refractivity contribution in [2.45, 2.75) is 6.54 Å². The first-order chi connectivity index (χ1) is 7.99. The molecule has 6 heteroatoms. The summed E-state index contributed by atoms with van der Waals surface area (Å²) in [5.41, 5.74) is 0.856. The molecule has 0 aliphatic rings. The van der Waals surface area contributed by atoms with Gasteiger partial charge >= 0.3 is 11.9 Å². The third-order valence-corrected chi connectivity index (χ3v) is 2.84. The van der Waals surface area contributed by atoms with E-state index in [1.807, 2.05) is 24.3 Å². The number of halogens is 1. The van der Waals surface area contributed by atoms with Gasteiger partial charge in [-0.15, -0.1) is 0 Å². The van der Waals surface area contributed by atoms with Gasteiger partial charge in [-0.1, -0.05) is 34.1 Å². The second-order valence-electron chi connectivity index (χ2n) is 3.52. The molecule has 2 N–H and O–H groups in total. The van der Waals surface area contributed by atoms with E-state index >= 15 is 0 Å². The molecule has 0 saturated heterocycles. The summed E-state index contributed by atoms with van der Waals surface area (Å²) in [5.74, 6) is -2.09. The highest BCUT2D eigenvalue weighted by Gasteiger charge is 2.14. The van der Waals surface area contributed by atoms with Gasteiger partial charge in [-0.05, 0) is 11.6 Å². The van der Waals surface area contributed by atoms with Gasteiger partial charge in [0.15, 0.2) is 0 Å². The van der Waals surface area contributed by atoms with Crippen molar-refractivity contribution in [3.05, 3.63) is 34.3 Å². The Labute approximate surface area is 107 Å². The van der Waals surface area contributed by atoms with Crippen molar-refractivity contribution in [3.63, 3.8) is 0 Å². The van der Waals surface area contributed by atoms with Gasteiger partial charge in [-0.3, -0.25) is 14.5 Å². The highest BCUT2D eigenvalue weighted by atomic mass is 79.9. The molecule has 0 bridgehead atoms. The van der Waals surface area contributed by atoms with E-state index in [1.54, 1.807) is 0 Å². The normalized spacial score (nSPS) is 10.5. The highest BCUT2D eigenvalue weighted by Crippen LogP contribution is 2.17. The number of rotatable bonds is 6. The van der Waals surface area contributed by atoms with Crippen LogP contribution in [0.15, 0.2) is 28.7 Å². The SMILES string of the molecule is O=C(O)CN(CC(=O)O)Cc1ccccc1Br. The van der Waals surface area contributed by atoms with Crippen LogP contribution in [-0.2, 0) is 16.1 Å². The molecule has 0 aliphatic heterocycles. The lowest BCUT2D eigenvalue weighted by Crippen LogP contribution is -2.34. The lowest BCUT2D eigenvalue weighted by Gasteiger charge is -2.18.